The summed E-state index contributed by atoms with van der Waals surface area (Å²) in [6.07, 6.45) is 0.840. The topological polar surface area (TPSA) is 69.6 Å². The molecule has 0 bridgehead atoms. The van der Waals surface area contributed by atoms with E-state index in [0.29, 0.717) is 24.7 Å². The lowest BCUT2D eigenvalue weighted by atomic mass is 10.1. The lowest BCUT2D eigenvalue weighted by molar-refractivity contribution is -0.135. The van der Waals surface area contributed by atoms with Gasteiger partial charge in [-0.25, -0.2) is 9.97 Å². The molecule has 0 amide bonds. The fourth-order valence-electron chi connectivity index (χ4n) is 3.07. The second-order valence-corrected chi connectivity index (χ2v) is 7.57. The molecule has 0 atom stereocenters. The first-order chi connectivity index (χ1) is 13.0. The number of carboxylic acid groups (broad SMARTS) is 1. The Morgan fingerprint density at radius 2 is 1.93 bits per heavy atom. The van der Waals surface area contributed by atoms with Gasteiger partial charge in [0.1, 0.15) is 23.0 Å². The van der Waals surface area contributed by atoms with Crippen LogP contribution < -0.4 is 4.90 Å². The number of hydrogen-bond acceptors (Lipinski definition) is 6. The Morgan fingerprint density at radius 1 is 1.19 bits per heavy atom. The van der Waals surface area contributed by atoms with E-state index >= 15 is 0 Å². The molecular weight excluding hydrogens is 360 g/mol. The number of anilines is 1. The maximum Gasteiger partial charge on any atom is 0.323 e. The fourth-order valence-corrected chi connectivity index (χ4v) is 4.03. The Labute approximate surface area is 163 Å². The summed E-state index contributed by atoms with van der Waals surface area (Å²) in [6, 6.07) is 10.1. The molecule has 0 unspecified atom stereocenters. The smallest absolute Gasteiger partial charge is 0.323 e. The van der Waals surface area contributed by atoms with Crippen LogP contribution in [-0.4, -0.2) is 53.1 Å². The lowest BCUT2D eigenvalue weighted by Gasteiger charge is -2.23. The molecule has 0 spiro atoms. The van der Waals surface area contributed by atoms with E-state index in [0.717, 1.165) is 27.8 Å². The van der Waals surface area contributed by atoms with Crippen LogP contribution in [0.4, 0.5) is 5.82 Å². The van der Waals surface area contributed by atoms with Crippen LogP contribution in [0.3, 0.4) is 0 Å². The fraction of sp³-hybridized carbons (Fsp3) is 0.350. The summed E-state index contributed by atoms with van der Waals surface area (Å²) in [5.41, 5.74) is 2.13. The maximum atomic E-state index is 11.5. The number of carbonyl (C=O) groups is 1. The predicted octanol–water partition coefficient (Wildman–Crippen LogP) is 3.72. The number of aromatic nitrogens is 2. The molecule has 3 rings (SSSR count). The normalized spacial score (nSPS) is 11.3. The SMILES string of the molecule is CCCN(CC(=O)O)c1nc(CN(C)C)nc2scc(-c3ccccc3)c12. The Kier molecular flexibility index (Phi) is 6.03. The molecule has 3 aromatic rings. The molecule has 0 fully saturated rings. The molecule has 0 saturated heterocycles. The molecule has 0 aliphatic heterocycles. The Bertz CT molecular complexity index is 924. The van der Waals surface area contributed by atoms with Crippen LogP contribution in [0.1, 0.15) is 19.2 Å². The van der Waals surface area contributed by atoms with Crippen molar-refractivity contribution in [1.82, 2.24) is 14.9 Å². The largest absolute Gasteiger partial charge is 0.480 e. The molecule has 0 radical (unpaired) electrons. The van der Waals surface area contributed by atoms with E-state index in [1.54, 1.807) is 11.3 Å². The Balaban J connectivity index is 2.22. The molecular formula is C20H24N4O2S. The van der Waals surface area contributed by atoms with Gasteiger partial charge in [0, 0.05) is 17.5 Å². The number of aliphatic carboxylic acids is 1. The third-order valence-electron chi connectivity index (χ3n) is 4.12. The van der Waals surface area contributed by atoms with Crippen molar-refractivity contribution in [2.45, 2.75) is 19.9 Å². The second-order valence-electron chi connectivity index (χ2n) is 6.71. The number of thiophene rings is 1. The second kappa shape index (κ2) is 8.45. The zero-order valence-electron chi connectivity index (χ0n) is 15.8. The van der Waals surface area contributed by atoms with E-state index in [4.69, 9.17) is 9.97 Å². The van der Waals surface area contributed by atoms with E-state index in [9.17, 15) is 9.90 Å². The zero-order chi connectivity index (χ0) is 19.4. The molecule has 27 heavy (non-hydrogen) atoms. The molecule has 2 heterocycles. The molecule has 1 N–H and O–H groups in total. The molecule has 0 aliphatic carbocycles. The highest BCUT2D eigenvalue weighted by molar-refractivity contribution is 7.17. The van der Waals surface area contributed by atoms with Crippen LogP contribution in [0.15, 0.2) is 35.7 Å². The van der Waals surface area contributed by atoms with Crippen molar-refractivity contribution in [2.75, 3.05) is 32.1 Å². The van der Waals surface area contributed by atoms with Crippen LogP contribution in [-0.2, 0) is 11.3 Å². The van der Waals surface area contributed by atoms with Crippen molar-refractivity contribution < 1.29 is 9.90 Å². The minimum Gasteiger partial charge on any atom is -0.480 e. The summed E-state index contributed by atoms with van der Waals surface area (Å²) < 4.78 is 0. The van der Waals surface area contributed by atoms with E-state index in [1.807, 2.05) is 49.0 Å². The summed E-state index contributed by atoms with van der Waals surface area (Å²) in [5.74, 6) is 0.553. The van der Waals surface area contributed by atoms with Gasteiger partial charge in [-0.05, 0) is 26.1 Å². The van der Waals surface area contributed by atoms with Crippen molar-refractivity contribution in [1.29, 1.82) is 0 Å². The van der Waals surface area contributed by atoms with Crippen LogP contribution in [0.25, 0.3) is 21.3 Å². The highest BCUT2D eigenvalue weighted by atomic mass is 32.1. The van der Waals surface area contributed by atoms with Gasteiger partial charge in [0.15, 0.2) is 0 Å². The molecule has 6 nitrogen and oxygen atoms in total. The molecule has 1 aromatic carbocycles. The molecule has 142 valence electrons. The van der Waals surface area contributed by atoms with Crippen molar-refractivity contribution in [3.63, 3.8) is 0 Å². The molecule has 2 aromatic heterocycles. The van der Waals surface area contributed by atoms with Gasteiger partial charge >= 0.3 is 5.97 Å². The lowest BCUT2D eigenvalue weighted by Crippen LogP contribution is -2.31. The van der Waals surface area contributed by atoms with Crippen molar-refractivity contribution in [3.8, 4) is 11.1 Å². The summed E-state index contributed by atoms with van der Waals surface area (Å²) in [5, 5.41) is 12.4. The minimum absolute atomic E-state index is 0.0779. The van der Waals surface area contributed by atoms with Gasteiger partial charge in [-0.1, -0.05) is 37.3 Å². The number of benzene rings is 1. The molecule has 0 aliphatic rings. The van der Waals surface area contributed by atoms with Gasteiger partial charge in [0.25, 0.3) is 0 Å². The van der Waals surface area contributed by atoms with Crippen molar-refractivity contribution in [2.24, 2.45) is 0 Å². The summed E-state index contributed by atoms with van der Waals surface area (Å²) in [4.78, 5) is 25.7. The van der Waals surface area contributed by atoms with Gasteiger partial charge < -0.3 is 14.9 Å². The van der Waals surface area contributed by atoms with Crippen LogP contribution in [0.5, 0.6) is 0 Å². The summed E-state index contributed by atoms with van der Waals surface area (Å²) in [7, 11) is 3.94. The number of nitrogens with zero attached hydrogens (tertiary/aromatic N) is 4. The number of carboxylic acids is 1. The quantitative estimate of drug-likeness (QED) is 0.638. The average Bonchev–Trinajstić information content (AvgIpc) is 3.04. The first-order valence-electron chi connectivity index (χ1n) is 8.94. The van der Waals surface area contributed by atoms with Gasteiger partial charge in [0.2, 0.25) is 0 Å². The first kappa shape index (κ1) is 19.3. The summed E-state index contributed by atoms with van der Waals surface area (Å²) >= 11 is 1.57. The predicted molar refractivity (Wildman–Crippen MR) is 110 cm³/mol. The number of hydrogen-bond donors (Lipinski definition) is 1. The third-order valence-corrected chi connectivity index (χ3v) is 4.99. The van der Waals surface area contributed by atoms with Gasteiger partial charge in [0.05, 0.1) is 11.9 Å². The van der Waals surface area contributed by atoms with E-state index in [2.05, 4.69) is 17.5 Å². The standard InChI is InChI=1S/C20H24N4O2S/c1-4-10-24(12-17(25)26)19-18-15(14-8-6-5-7-9-14)13-27-20(18)22-16(21-19)11-23(2)3/h5-9,13H,4,10-12H2,1-3H3,(H,25,26). The van der Waals surface area contributed by atoms with Crippen LogP contribution in [0.2, 0.25) is 0 Å². The van der Waals surface area contributed by atoms with Gasteiger partial charge in [-0.3, -0.25) is 4.79 Å². The molecule has 0 saturated carbocycles. The van der Waals surface area contributed by atoms with Crippen molar-refractivity contribution >= 4 is 33.3 Å². The maximum absolute atomic E-state index is 11.5. The number of fused-ring (bicyclic) bond motifs is 1. The van der Waals surface area contributed by atoms with E-state index in [-0.39, 0.29) is 6.54 Å². The van der Waals surface area contributed by atoms with Crippen molar-refractivity contribution in [3.05, 3.63) is 41.5 Å². The Morgan fingerprint density at radius 3 is 2.56 bits per heavy atom. The third kappa shape index (κ3) is 4.43. The average molecular weight is 385 g/mol. The Hall–Kier alpha value is -2.51. The van der Waals surface area contributed by atoms with Gasteiger partial charge in [-0.15, -0.1) is 11.3 Å². The molecule has 7 heteroatoms. The van der Waals surface area contributed by atoms with Gasteiger partial charge in [-0.2, -0.15) is 0 Å². The highest BCUT2D eigenvalue weighted by Crippen LogP contribution is 2.38. The zero-order valence-corrected chi connectivity index (χ0v) is 16.7. The van der Waals surface area contributed by atoms with E-state index < -0.39 is 5.97 Å². The van der Waals surface area contributed by atoms with Crippen LogP contribution >= 0.6 is 11.3 Å². The highest BCUT2D eigenvalue weighted by Gasteiger charge is 2.21. The number of rotatable bonds is 8. The monoisotopic (exact) mass is 384 g/mol. The van der Waals surface area contributed by atoms with Crippen LogP contribution in [0, 0.1) is 0 Å². The first-order valence-corrected chi connectivity index (χ1v) is 9.82. The van der Waals surface area contributed by atoms with E-state index in [1.165, 1.54) is 0 Å². The minimum atomic E-state index is -0.860. The summed E-state index contributed by atoms with van der Waals surface area (Å²) in [6.45, 7) is 3.20.